The van der Waals surface area contributed by atoms with Gasteiger partial charge in [-0.25, -0.2) is 9.78 Å². The number of amides is 2. The van der Waals surface area contributed by atoms with Crippen molar-refractivity contribution in [2.75, 3.05) is 18.1 Å². The van der Waals surface area contributed by atoms with E-state index >= 15 is 0 Å². The first-order chi connectivity index (χ1) is 16.4. The zero-order valence-corrected chi connectivity index (χ0v) is 20.9. The third-order valence-corrected chi connectivity index (χ3v) is 6.66. The highest BCUT2D eigenvalue weighted by Crippen LogP contribution is 2.40. The van der Waals surface area contributed by atoms with Gasteiger partial charge in [0.15, 0.2) is 10.8 Å². The molecule has 4 N–H and O–H groups in total. The first-order valence-corrected chi connectivity index (χ1v) is 12.3. The number of aliphatic carboxylic acids is 1. The number of nitrogen functional groups attached to an aromatic ring is 1. The van der Waals surface area contributed by atoms with Crippen LogP contribution >= 0.6 is 23.1 Å². The third-order valence-electron chi connectivity index (χ3n) is 4.69. The number of thiazole rings is 1. The maximum Gasteiger partial charge on any atom is 0.352 e. The smallest absolute Gasteiger partial charge is 0.352 e. The summed E-state index contributed by atoms with van der Waals surface area (Å²) in [5.74, 6) is -2.76. The molecule has 0 spiro atoms. The van der Waals surface area contributed by atoms with Crippen molar-refractivity contribution in [3.05, 3.63) is 35.0 Å². The number of hydrogen-bond acceptors (Lipinski definition) is 11. The zero-order valence-electron chi connectivity index (χ0n) is 19.3. The van der Waals surface area contributed by atoms with Gasteiger partial charge in [0.05, 0.1) is 6.42 Å². The van der Waals surface area contributed by atoms with Crippen molar-refractivity contribution in [3.8, 4) is 0 Å². The SMILES string of the molecule is C=CC1=C(C(=O)O)N2C(=O)C(NC(=O)C(=NOCCC(=O)OC(C)(C)C)c3csc(N)n3)[C@@H]2SC1. The van der Waals surface area contributed by atoms with E-state index in [-0.39, 0.29) is 35.3 Å². The molecule has 2 aliphatic heterocycles. The van der Waals surface area contributed by atoms with Gasteiger partial charge in [-0.1, -0.05) is 17.8 Å². The number of aromatic nitrogens is 1. The van der Waals surface area contributed by atoms with Gasteiger partial charge in [-0.3, -0.25) is 19.3 Å². The average Bonchev–Trinajstić information content (AvgIpc) is 3.20. The topological polar surface area (TPSA) is 174 Å². The monoisotopic (exact) mass is 523 g/mol. The van der Waals surface area contributed by atoms with Crippen molar-refractivity contribution in [2.24, 2.45) is 5.16 Å². The molecule has 2 aliphatic rings. The van der Waals surface area contributed by atoms with E-state index < -0.39 is 40.8 Å². The second-order valence-corrected chi connectivity index (χ2v) is 10.4. The molecule has 2 amide bonds. The maximum absolute atomic E-state index is 13.0. The highest BCUT2D eigenvalue weighted by Gasteiger charge is 2.54. The Labute approximate surface area is 209 Å². The minimum Gasteiger partial charge on any atom is -0.477 e. The van der Waals surface area contributed by atoms with Crippen molar-refractivity contribution in [3.63, 3.8) is 0 Å². The molecular weight excluding hydrogens is 498 g/mol. The predicted octanol–water partition coefficient (Wildman–Crippen LogP) is 1.10. The fraction of sp³-hybridized carbons (Fsp3) is 0.429. The van der Waals surface area contributed by atoms with E-state index in [1.165, 1.54) is 23.2 Å². The number of carbonyl (C=O) groups excluding carboxylic acids is 3. The van der Waals surface area contributed by atoms with Crippen molar-refractivity contribution in [1.29, 1.82) is 0 Å². The number of nitrogens with one attached hydrogen (secondary N) is 1. The molecule has 3 heterocycles. The van der Waals surface area contributed by atoms with Crippen LogP contribution in [-0.4, -0.2) is 73.8 Å². The van der Waals surface area contributed by atoms with Crippen LogP contribution < -0.4 is 11.1 Å². The first-order valence-electron chi connectivity index (χ1n) is 10.4. The van der Waals surface area contributed by atoms with E-state index in [0.717, 1.165) is 16.2 Å². The number of carboxylic acids is 1. The lowest BCUT2D eigenvalue weighted by Crippen LogP contribution is -2.71. The van der Waals surface area contributed by atoms with E-state index in [1.54, 1.807) is 20.8 Å². The summed E-state index contributed by atoms with van der Waals surface area (Å²) in [6.07, 6.45) is 1.30. The van der Waals surface area contributed by atoms with Crippen molar-refractivity contribution in [2.45, 2.75) is 44.2 Å². The summed E-state index contributed by atoms with van der Waals surface area (Å²) >= 11 is 2.38. The minimum absolute atomic E-state index is 0.0976. The summed E-state index contributed by atoms with van der Waals surface area (Å²) in [4.78, 5) is 59.6. The number of nitrogens with two attached hydrogens (primary N) is 1. The van der Waals surface area contributed by atoms with Gasteiger partial charge >= 0.3 is 11.9 Å². The van der Waals surface area contributed by atoms with E-state index in [2.05, 4.69) is 22.0 Å². The maximum atomic E-state index is 13.0. The van der Waals surface area contributed by atoms with Crippen molar-refractivity contribution >= 4 is 57.7 Å². The Morgan fingerprint density at radius 2 is 2.14 bits per heavy atom. The zero-order chi connectivity index (χ0) is 25.9. The number of thioether (sulfide) groups is 1. The predicted molar refractivity (Wildman–Crippen MR) is 129 cm³/mol. The van der Waals surface area contributed by atoms with E-state index in [4.69, 9.17) is 15.3 Å². The van der Waals surface area contributed by atoms with E-state index in [1.807, 2.05) is 0 Å². The van der Waals surface area contributed by atoms with Gasteiger partial charge < -0.3 is 25.7 Å². The van der Waals surface area contributed by atoms with Crippen LogP contribution in [0.15, 0.2) is 34.5 Å². The molecule has 2 atom stereocenters. The van der Waals surface area contributed by atoms with Gasteiger partial charge in [-0.15, -0.1) is 23.1 Å². The number of allylic oxidation sites excluding steroid dienone is 1. The molecule has 0 aromatic carbocycles. The fourth-order valence-electron chi connectivity index (χ4n) is 3.24. The summed E-state index contributed by atoms with van der Waals surface area (Å²) in [7, 11) is 0. The molecule has 1 fully saturated rings. The van der Waals surface area contributed by atoms with Crippen LogP contribution in [0.4, 0.5) is 5.13 Å². The highest BCUT2D eigenvalue weighted by atomic mass is 32.2. The molecule has 0 bridgehead atoms. The van der Waals surface area contributed by atoms with Gasteiger partial charge in [0.25, 0.3) is 11.8 Å². The number of hydrogen-bond donors (Lipinski definition) is 3. The summed E-state index contributed by atoms with van der Waals surface area (Å²) < 4.78 is 5.19. The van der Waals surface area contributed by atoms with Crippen molar-refractivity contribution in [1.82, 2.24) is 15.2 Å². The number of β-lactam (4-membered cyclic amide) rings is 1. The molecule has 0 aliphatic carbocycles. The molecule has 1 aromatic heterocycles. The van der Waals surface area contributed by atoms with Crippen LogP contribution in [0, 0.1) is 0 Å². The number of oxime groups is 1. The third kappa shape index (κ3) is 6.00. The summed E-state index contributed by atoms with van der Waals surface area (Å²) in [5.41, 5.74) is 5.19. The van der Waals surface area contributed by atoms with E-state index in [9.17, 15) is 24.3 Å². The minimum atomic E-state index is -1.25. The number of carboxylic acid groups (broad SMARTS) is 1. The largest absolute Gasteiger partial charge is 0.477 e. The number of ether oxygens (including phenoxy) is 1. The molecule has 1 unspecified atom stereocenters. The van der Waals surface area contributed by atoms with Crippen LogP contribution in [-0.2, 0) is 28.8 Å². The number of carbonyl (C=O) groups is 4. The molecule has 0 radical (unpaired) electrons. The van der Waals surface area contributed by atoms with Gasteiger partial charge in [0.2, 0.25) is 0 Å². The molecule has 12 nitrogen and oxygen atoms in total. The van der Waals surface area contributed by atoms with Gasteiger partial charge in [0, 0.05) is 11.1 Å². The Morgan fingerprint density at radius 3 is 2.71 bits per heavy atom. The molecule has 14 heteroatoms. The van der Waals surface area contributed by atoms with Crippen LogP contribution in [0.5, 0.6) is 0 Å². The number of esters is 1. The lowest BCUT2D eigenvalue weighted by Gasteiger charge is -2.49. The van der Waals surface area contributed by atoms with Crippen LogP contribution in [0.1, 0.15) is 32.9 Å². The second-order valence-electron chi connectivity index (χ2n) is 8.42. The molecule has 1 aromatic rings. The Kier molecular flexibility index (Phi) is 7.85. The molecule has 35 heavy (non-hydrogen) atoms. The summed E-state index contributed by atoms with van der Waals surface area (Å²) in [5, 5.41) is 17.0. The Balaban J connectivity index is 1.70. The fourth-order valence-corrected chi connectivity index (χ4v) is 5.13. The molecule has 3 rings (SSSR count). The van der Waals surface area contributed by atoms with Crippen LogP contribution in [0.25, 0.3) is 0 Å². The van der Waals surface area contributed by atoms with E-state index in [0.29, 0.717) is 11.3 Å². The molecular formula is C21H25N5O7S2. The van der Waals surface area contributed by atoms with Gasteiger partial charge in [0.1, 0.15) is 35.0 Å². The standard InChI is InChI=1S/C21H25N5O7S2/c1-5-10-8-34-18-14(17(29)26(18)15(10)19(30)31)24-16(28)13(11-9-35-20(22)23-11)25-32-7-6-12(27)33-21(2,3)4/h5,9,14,18H,1,6-8H2,2-4H3,(H2,22,23)(H,24,28)(H,30,31)/t14?,18-/m0/s1. The quantitative estimate of drug-likeness (QED) is 0.140. The second kappa shape index (κ2) is 10.5. The highest BCUT2D eigenvalue weighted by molar-refractivity contribution is 8.00. The van der Waals surface area contributed by atoms with Crippen LogP contribution in [0.3, 0.4) is 0 Å². The Morgan fingerprint density at radius 1 is 1.43 bits per heavy atom. The Hall–Kier alpha value is -3.39. The number of rotatable bonds is 9. The lowest BCUT2D eigenvalue weighted by molar-refractivity contribution is -0.156. The number of anilines is 1. The average molecular weight is 524 g/mol. The normalized spacial score (nSPS) is 20.0. The Bertz CT molecular complexity index is 1120. The van der Waals surface area contributed by atoms with Crippen LogP contribution in [0.2, 0.25) is 0 Å². The lowest BCUT2D eigenvalue weighted by atomic mass is 10.0. The van der Waals surface area contributed by atoms with Crippen molar-refractivity contribution < 1.29 is 33.9 Å². The number of nitrogens with zero attached hydrogens (tertiary/aromatic N) is 3. The van der Waals surface area contributed by atoms with Gasteiger partial charge in [-0.2, -0.15) is 0 Å². The molecule has 0 saturated carbocycles. The molecule has 188 valence electrons. The number of fused-ring (bicyclic) bond motifs is 1. The first kappa shape index (κ1) is 26.2. The summed E-state index contributed by atoms with van der Waals surface area (Å²) in [6.45, 7) is 8.65. The summed E-state index contributed by atoms with van der Waals surface area (Å²) in [6, 6.07) is -0.976. The van der Waals surface area contributed by atoms with Gasteiger partial charge in [-0.05, 0) is 26.3 Å². The molecule has 1 saturated heterocycles.